The van der Waals surface area contributed by atoms with Crippen LogP contribution in [0.5, 0.6) is 11.5 Å². The number of benzene rings is 2. The van der Waals surface area contributed by atoms with Crippen LogP contribution in [0.4, 0.5) is 0 Å². The first kappa shape index (κ1) is 33.4. The van der Waals surface area contributed by atoms with E-state index in [1.54, 1.807) is 14.2 Å². The van der Waals surface area contributed by atoms with E-state index in [0.717, 1.165) is 23.5 Å². The van der Waals surface area contributed by atoms with Crippen molar-refractivity contribution in [3.63, 3.8) is 0 Å². The largest absolute Gasteiger partial charge is 0.493 e. The van der Waals surface area contributed by atoms with Gasteiger partial charge in [-0.25, -0.2) is 0 Å². The topological polar surface area (TPSA) is 108 Å². The maximum absolute atomic E-state index is 10.4. The minimum atomic E-state index is 0.0652. The van der Waals surface area contributed by atoms with Gasteiger partial charge in [-0.3, -0.25) is 4.79 Å². The molecule has 2 rings (SSSR count). The third kappa shape index (κ3) is 13.9. The van der Waals surface area contributed by atoms with E-state index < -0.39 is 0 Å². The average Bonchev–Trinajstić information content (AvgIpc) is 2.90. The standard InChI is InChI=1S/C16H18O2.C5H12N2O.C2H6.2CH2O/c1-4-12-5-7-13(8-6-12)14-9-10-15(17-2)16(11-14)18-3;1-2-5(8)7-4-3-6;3*1-2/h5-11H,4H2,1-3H3;2-4,6H2,1H3,(H,7,8);1-2H3;2*1H2. The molecule has 0 heterocycles. The van der Waals surface area contributed by atoms with E-state index in [1.807, 2.05) is 52.5 Å². The first-order chi connectivity index (χ1) is 15.6. The van der Waals surface area contributed by atoms with Crippen molar-refractivity contribution >= 4 is 19.5 Å². The summed E-state index contributed by atoms with van der Waals surface area (Å²) in [4.78, 5) is 26.4. The molecule has 32 heavy (non-hydrogen) atoms. The minimum Gasteiger partial charge on any atom is -0.493 e. The van der Waals surface area contributed by atoms with E-state index in [0.29, 0.717) is 19.5 Å². The smallest absolute Gasteiger partial charge is 0.219 e. The molecule has 1 amide bonds. The van der Waals surface area contributed by atoms with Crippen molar-refractivity contribution < 1.29 is 23.9 Å². The highest BCUT2D eigenvalue weighted by Gasteiger charge is 2.05. The van der Waals surface area contributed by atoms with Crippen LogP contribution in [0.3, 0.4) is 0 Å². The third-order valence-corrected chi connectivity index (χ3v) is 3.87. The molecule has 0 spiro atoms. The average molecular weight is 449 g/mol. The highest BCUT2D eigenvalue weighted by Crippen LogP contribution is 2.32. The first-order valence-electron chi connectivity index (χ1n) is 10.4. The van der Waals surface area contributed by atoms with Crippen LogP contribution in [-0.2, 0) is 20.8 Å². The van der Waals surface area contributed by atoms with E-state index in [4.69, 9.17) is 24.8 Å². The Labute approximate surface area is 193 Å². The molecule has 2 aromatic carbocycles. The molecule has 0 aliphatic rings. The summed E-state index contributed by atoms with van der Waals surface area (Å²) in [5, 5.41) is 2.62. The van der Waals surface area contributed by atoms with E-state index >= 15 is 0 Å². The van der Waals surface area contributed by atoms with Gasteiger partial charge < -0.3 is 30.1 Å². The van der Waals surface area contributed by atoms with Crippen LogP contribution in [0, 0.1) is 0 Å². The quantitative estimate of drug-likeness (QED) is 0.661. The first-order valence-corrected chi connectivity index (χ1v) is 10.4. The van der Waals surface area contributed by atoms with Crippen LogP contribution in [0.1, 0.15) is 39.7 Å². The van der Waals surface area contributed by atoms with E-state index in [9.17, 15) is 4.79 Å². The van der Waals surface area contributed by atoms with Gasteiger partial charge in [0, 0.05) is 19.5 Å². The number of carbonyl (C=O) groups is 3. The van der Waals surface area contributed by atoms with Gasteiger partial charge in [-0.1, -0.05) is 58.0 Å². The number of hydrogen-bond donors (Lipinski definition) is 2. The Bertz CT molecular complexity index is 704. The highest BCUT2D eigenvalue weighted by atomic mass is 16.5. The third-order valence-electron chi connectivity index (χ3n) is 3.87. The number of aryl methyl sites for hydroxylation is 1. The number of rotatable bonds is 7. The summed E-state index contributed by atoms with van der Waals surface area (Å²) in [5.74, 6) is 1.58. The molecule has 2 aromatic rings. The summed E-state index contributed by atoms with van der Waals surface area (Å²) < 4.78 is 10.6. The van der Waals surface area contributed by atoms with Gasteiger partial charge in [-0.05, 0) is 35.2 Å². The number of nitrogens with two attached hydrogens (primary N) is 1. The lowest BCUT2D eigenvalue weighted by Crippen LogP contribution is -2.28. The van der Waals surface area contributed by atoms with Crippen LogP contribution < -0.4 is 20.5 Å². The number of carbonyl (C=O) groups excluding carboxylic acids is 3. The Morgan fingerprint density at radius 1 is 0.875 bits per heavy atom. The van der Waals surface area contributed by atoms with Crippen LogP contribution >= 0.6 is 0 Å². The summed E-state index contributed by atoms with van der Waals surface area (Å²) in [6.07, 6.45) is 1.60. The number of methoxy groups -OCH3 is 2. The Kier molecular flexibility index (Phi) is 25.2. The van der Waals surface area contributed by atoms with Crippen LogP contribution in [-0.4, -0.2) is 46.8 Å². The van der Waals surface area contributed by atoms with Crippen LogP contribution in [0.2, 0.25) is 0 Å². The lowest BCUT2D eigenvalue weighted by molar-refractivity contribution is -0.120. The molecule has 7 nitrogen and oxygen atoms in total. The summed E-state index contributed by atoms with van der Waals surface area (Å²) in [6, 6.07) is 14.6. The lowest BCUT2D eigenvalue weighted by Gasteiger charge is -2.10. The van der Waals surface area contributed by atoms with Gasteiger partial charge in [0.05, 0.1) is 14.2 Å². The number of amides is 1. The summed E-state index contributed by atoms with van der Waals surface area (Å²) >= 11 is 0. The Morgan fingerprint density at radius 2 is 1.38 bits per heavy atom. The molecule has 0 saturated carbocycles. The Hall–Kier alpha value is -3.19. The molecule has 0 aliphatic heterocycles. The van der Waals surface area contributed by atoms with Gasteiger partial charge in [0.15, 0.2) is 11.5 Å². The molecule has 0 atom stereocenters. The molecule has 180 valence electrons. The lowest BCUT2D eigenvalue weighted by atomic mass is 10.0. The molecule has 0 aliphatic carbocycles. The van der Waals surface area contributed by atoms with E-state index in [-0.39, 0.29) is 5.91 Å². The van der Waals surface area contributed by atoms with E-state index in [2.05, 4.69) is 36.5 Å². The molecule has 0 radical (unpaired) electrons. The minimum absolute atomic E-state index is 0.0652. The highest BCUT2D eigenvalue weighted by molar-refractivity contribution is 5.75. The molecular formula is C25H40N2O5. The number of hydrogen-bond acceptors (Lipinski definition) is 6. The van der Waals surface area contributed by atoms with E-state index in [1.165, 1.54) is 11.1 Å². The summed E-state index contributed by atoms with van der Waals surface area (Å²) in [7, 11) is 3.30. The second-order valence-electron chi connectivity index (χ2n) is 5.61. The van der Waals surface area contributed by atoms with Crippen molar-refractivity contribution in [2.75, 3.05) is 27.3 Å². The van der Waals surface area contributed by atoms with Crippen molar-refractivity contribution in [2.24, 2.45) is 5.73 Å². The number of ether oxygens (including phenoxy) is 2. The normalized spacial score (nSPS) is 8.34. The number of nitrogens with one attached hydrogen (secondary N) is 1. The van der Waals surface area contributed by atoms with Crippen LogP contribution in [0.25, 0.3) is 11.1 Å². The van der Waals surface area contributed by atoms with Crippen molar-refractivity contribution in [2.45, 2.75) is 40.5 Å². The predicted octanol–water partition coefficient (Wildman–Crippen LogP) is 4.06. The fourth-order valence-corrected chi connectivity index (χ4v) is 2.29. The van der Waals surface area contributed by atoms with Gasteiger partial charge in [0.1, 0.15) is 13.6 Å². The zero-order chi connectivity index (χ0) is 25.4. The van der Waals surface area contributed by atoms with Crippen molar-refractivity contribution in [3.8, 4) is 22.6 Å². The zero-order valence-corrected chi connectivity index (χ0v) is 20.4. The van der Waals surface area contributed by atoms with Crippen molar-refractivity contribution in [1.29, 1.82) is 0 Å². The predicted molar refractivity (Wildman–Crippen MR) is 132 cm³/mol. The Morgan fingerprint density at radius 3 is 1.78 bits per heavy atom. The second-order valence-corrected chi connectivity index (χ2v) is 5.61. The molecular weight excluding hydrogens is 408 g/mol. The Balaban J connectivity index is -0.000000507. The molecule has 0 saturated heterocycles. The van der Waals surface area contributed by atoms with Crippen molar-refractivity contribution in [3.05, 3.63) is 48.0 Å². The molecule has 0 aromatic heterocycles. The van der Waals surface area contributed by atoms with Crippen molar-refractivity contribution in [1.82, 2.24) is 5.32 Å². The van der Waals surface area contributed by atoms with Gasteiger partial charge in [0.25, 0.3) is 0 Å². The molecule has 0 fully saturated rings. The fraction of sp³-hybridized carbons (Fsp3) is 0.400. The van der Waals surface area contributed by atoms with Gasteiger partial charge in [-0.15, -0.1) is 0 Å². The summed E-state index contributed by atoms with van der Waals surface area (Å²) in [5.41, 5.74) is 8.79. The SMILES string of the molecule is C=O.C=O.CC.CCC(=O)NCCN.CCc1ccc(-c2ccc(OC)c(OC)c2)cc1. The van der Waals surface area contributed by atoms with Gasteiger partial charge in [0.2, 0.25) is 5.91 Å². The molecule has 7 heteroatoms. The summed E-state index contributed by atoms with van der Waals surface area (Å²) in [6.45, 7) is 13.1. The molecule has 0 bridgehead atoms. The zero-order valence-electron chi connectivity index (χ0n) is 20.4. The molecule has 0 unspecified atom stereocenters. The van der Waals surface area contributed by atoms with Gasteiger partial charge in [-0.2, -0.15) is 0 Å². The van der Waals surface area contributed by atoms with Crippen LogP contribution in [0.15, 0.2) is 42.5 Å². The monoisotopic (exact) mass is 448 g/mol. The maximum atomic E-state index is 10.4. The molecule has 3 N–H and O–H groups in total. The fourth-order valence-electron chi connectivity index (χ4n) is 2.29. The maximum Gasteiger partial charge on any atom is 0.219 e. The van der Waals surface area contributed by atoms with Gasteiger partial charge >= 0.3 is 0 Å². The second kappa shape index (κ2) is 24.1.